The van der Waals surface area contributed by atoms with Crippen molar-refractivity contribution in [2.45, 2.75) is 0 Å². The summed E-state index contributed by atoms with van der Waals surface area (Å²) in [5.74, 6) is 0.500. The van der Waals surface area contributed by atoms with E-state index in [0.29, 0.717) is 11.8 Å². The molecule has 0 saturated carbocycles. The third kappa shape index (κ3) is 13.4. The van der Waals surface area contributed by atoms with Crippen LogP contribution in [0.15, 0.2) is 0 Å². The van der Waals surface area contributed by atoms with Crippen LogP contribution in [0, 0.1) is 11.8 Å². The minimum Gasteiger partial charge on any atom is -0.480 e. The Morgan fingerprint density at radius 1 is 0.731 bits per heavy atom. The molecule has 3 aliphatic rings. The van der Waals surface area contributed by atoms with Gasteiger partial charge in [-0.05, 0) is 18.9 Å². The minimum atomic E-state index is -0.822. The molecule has 3 saturated heterocycles. The second-order valence-corrected chi connectivity index (χ2v) is 6.88. The van der Waals surface area contributed by atoms with Crippen LogP contribution < -0.4 is 37.2 Å². The Hall–Kier alpha value is -0.810. The predicted molar refractivity (Wildman–Crippen MR) is 106 cm³/mol. The molecule has 8 N–H and O–H groups in total. The van der Waals surface area contributed by atoms with Gasteiger partial charge in [0.1, 0.15) is 0 Å². The van der Waals surface area contributed by atoms with Crippen molar-refractivity contribution in [2.75, 3.05) is 92.1 Å². The number of fused-ring (bicyclic) bond motifs is 15. The molecule has 0 unspecified atom stereocenters. The second-order valence-electron chi connectivity index (χ2n) is 6.88. The topological polar surface area (TPSA) is 122 Å². The first-order valence-corrected chi connectivity index (χ1v) is 9.83. The first-order valence-electron chi connectivity index (χ1n) is 9.83. The van der Waals surface area contributed by atoms with Gasteiger partial charge in [-0.15, -0.1) is 0 Å². The molecule has 0 atom stereocenters. The lowest BCUT2D eigenvalue weighted by atomic mass is 10.1. The maximum Gasteiger partial charge on any atom is 0.317 e. The van der Waals surface area contributed by atoms with Crippen LogP contribution in [0.25, 0.3) is 0 Å². The van der Waals surface area contributed by atoms with Gasteiger partial charge in [-0.3, -0.25) is 4.79 Å². The zero-order valence-electron chi connectivity index (χ0n) is 16.2. The molecule has 2 bridgehead atoms. The van der Waals surface area contributed by atoms with Gasteiger partial charge in [-0.1, -0.05) is 0 Å². The summed E-state index contributed by atoms with van der Waals surface area (Å²) >= 11 is 0. The quantitative estimate of drug-likeness (QED) is 0.257. The molecule has 3 rings (SSSR count). The van der Waals surface area contributed by atoms with Crippen LogP contribution in [-0.4, -0.2) is 103 Å². The summed E-state index contributed by atoms with van der Waals surface area (Å²) in [4.78, 5) is 9.54. The number of carboxylic acids is 1. The Kier molecular flexibility index (Phi) is 14.6. The molecule has 0 aromatic rings. The van der Waals surface area contributed by atoms with Gasteiger partial charge in [0.15, 0.2) is 0 Å². The highest BCUT2D eigenvalue weighted by atomic mass is 16.4. The van der Waals surface area contributed by atoms with Crippen molar-refractivity contribution >= 4 is 5.97 Å². The Labute approximate surface area is 157 Å². The molecule has 154 valence electrons. The molecular formula is C17H39N7O2. The number of likely N-dealkylation sites (N-methyl/N-ethyl adjacent to an activating group) is 1. The molecule has 0 spiro atoms. The number of hydrogen-bond donors (Lipinski definition) is 8. The zero-order valence-corrected chi connectivity index (χ0v) is 16.2. The molecule has 0 aromatic carbocycles. The molecule has 0 aliphatic carbocycles. The third-order valence-electron chi connectivity index (χ3n) is 4.36. The molecule has 0 aromatic heterocycles. The lowest BCUT2D eigenvalue weighted by molar-refractivity contribution is -0.135. The Bertz CT molecular complexity index is 285. The van der Waals surface area contributed by atoms with Crippen molar-refractivity contribution in [3.05, 3.63) is 0 Å². The summed E-state index contributed by atoms with van der Waals surface area (Å²) in [6.07, 6.45) is 0. The molecule has 3 heterocycles. The van der Waals surface area contributed by atoms with Gasteiger partial charge in [0.2, 0.25) is 0 Å². The van der Waals surface area contributed by atoms with Crippen LogP contribution in [0.2, 0.25) is 0 Å². The fraction of sp³-hybridized carbons (Fsp3) is 0.941. The van der Waals surface area contributed by atoms with Crippen LogP contribution in [0.1, 0.15) is 0 Å². The molecule has 3 fully saturated rings. The Morgan fingerprint density at radius 3 is 1.15 bits per heavy atom. The maximum atomic E-state index is 9.54. The molecule has 0 amide bonds. The van der Waals surface area contributed by atoms with Gasteiger partial charge in [0.05, 0.1) is 6.54 Å². The fourth-order valence-corrected chi connectivity index (χ4v) is 2.95. The first-order chi connectivity index (χ1) is 12.7. The third-order valence-corrected chi connectivity index (χ3v) is 4.36. The average Bonchev–Trinajstić information content (AvgIpc) is 2.62. The van der Waals surface area contributed by atoms with Crippen molar-refractivity contribution in [2.24, 2.45) is 11.8 Å². The summed E-state index contributed by atoms with van der Waals surface area (Å²) < 4.78 is 0. The SMILES string of the molecule is C1CNCC2CNCCNCC(CN1)CNCCNC2.CNCC(=O)O. The summed E-state index contributed by atoms with van der Waals surface area (Å²) in [7, 11) is 1.59. The molecular weight excluding hydrogens is 334 g/mol. The van der Waals surface area contributed by atoms with Crippen LogP contribution >= 0.6 is 0 Å². The summed E-state index contributed by atoms with van der Waals surface area (Å²) in [5.41, 5.74) is 0. The lowest BCUT2D eigenvalue weighted by Gasteiger charge is -2.24. The average molecular weight is 374 g/mol. The van der Waals surface area contributed by atoms with Gasteiger partial charge in [-0.2, -0.15) is 0 Å². The minimum absolute atomic E-state index is 0.0417. The number of carbonyl (C=O) groups is 1. The van der Waals surface area contributed by atoms with E-state index in [1.54, 1.807) is 7.05 Å². The highest BCUT2D eigenvalue weighted by Crippen LogP contribution is 1.94. The van der Waals surface area contributed by atoms with Gasteiger partial charge >= 0.3 is 5.97 Å². The van der Waals surface area contributed by atoms with Crippen LogP contribution in [0.5, 0.6) is 0 Å². The molecule has 0 radical (unpaired) electrons. The van der Waals surface area contributed by atoms with Crippen LogP contribution in [0.3, 0.4) is 0 Å². The summed E-state index contributed by atoms with van der Waals surface area (Å²) in [6.45, 7) is 12.9. The van der Waals surface area contributed by atoms with Crippen molar-refractivity contribution in [3.8, 4) is 0 Å². The number of rotatable bonds is 2. The number of carboxylic acid groups (broad SMARTS) is 1. The van der Waals surface area contributed by atoms with Gasteiger partial charge in [0.25, 0.3) is 0 Å². The Balaban J connectivity index is 0.000000487. The highest BCUT2D eigenvalue weighted by molar-refractivity contribution is 5.68. The van der Waals surface area contributed by atoms with Crippen molar-refractivity contribution < 1.29 is 9.90 Å². The normalized spacial score (nSPS) is 26.8. The Morgan fingerprint density at radius 2 is 1.00 bits per heavy atom. The van der Waals surface area contributed by atoms with Gasteiger partial charge < -0.3 is 42.3 Å². The van der Waals surface area contributed by atoms with Crippen LogP contribution in [-0.2, 0) is 4.79 Å². The van der Waals surface area contributed by atoms with Crippen molar-refractivity contribution in [1.29, 1.82) is 0 Å². The van der Waals surface area contributed by atoms with E-state index in [9.17, 15) is 4.79 Å². The molecule has 3 aliphatic heterocycles. The standard InChI is InChI=1S/C14H32N6.C3H7NO2/c1-2-16-8-14-11-19-5-3-17-9-13(7-15-1)10-18-4-6-20-12-14;1-4-2-3(5)6/h13-20H,1-12H2;4H,2H2,1H3,(H,5,6). The largest absolute Gasteiger partial charge is 0.480 e. The summed E-state index contributed by atoms with van der Waals surface area (Å²) in [5, 5.41) is 31.8. The zero-order chi connectivity index (χ0) is 18.9. The highest BCUT2D eigenvalue weighted by Gasteiger charge is 2.11. The summed E-state index contributed by atoms with van der Waals surface area (Å²) in [6, 6.07) is 0. The van der Waals surface area contributed by atoms with E-state index in [0.717, 1.165) is 78.5 Å². The van der Waals surface area contributed by atoms with E-state index in [2.05, 4.69) is 37.2 Å². The maximum absolute atomic E-state index is 9.54. The van der Waals surface area contributed by atoms with E-state index in [1.165, 1.54) is 0 Å². The van der Waals surface area contributed by atoms with E-state index < -0.39 is 5.97 Å². The van der Waals surface area contributed by atoms with Crippen LogP contribution in [0.4, 0.5) is 0 Å². The molecule has 26 heavy (non-hydrogen) atoms. The van der Waals surface area contributed by atoms with Crippen molar-refractivity contribution in [3.63, 3.8) is 0 Å². The fourth-order valence-electron chi connectivity index (χ4n) is 2.95. The predicted octanol–water partition coefficient (Wildman–Crippen LogP) is -2.93. The van der Waals surface area contributed by atoms with Crippen molar-refractivity contribution in [1.82, 2.24) is 37.2 Å². The van der Waals surface area contributed by atoms with E-state index in [1.807, 2.05) is 0 Å². The van der Waals surface area contributed by atoms with E-state index in [4.69, 9.17) is 5.11 Å². The smallest absolute Gasteiger partial charge is 0.317 e. The van der Waals surface area contributed by atoms with E-state index >= 15 is 0 Å². The first kappa shape index (κ1) is 23.2. The lowest BCUT2D eigenvalue weighted by Crippen LogP contribution is -2.46. The monoisotopic (exact) mass is 373 g/mol. The van der Waals surface area contributed by atoms with Gasteiger partial charge in [0, 0.05) is 78.5 Å². The number of aliphatic carboxylic acids is 1. The number of nitrogens with one attached hydrogen (secondary N) is 7. The second kappa shape index (κ2) is 16.4. The molecule has 9 heteroatoms. The molecule has 9 nitrogen and oxygen atoms in total. The van der Waals surface area contributed by atoms with E-state index in [-0.39, 0.29) is 6.54 Å². The van der Waals surface area contributed by atoms with Gasteiger partial charge in [-0.25, -0.2) is 0 Å². The number of hydrogen-bond acceptors (Lipinski definition) is 8.